The van der Waals surface area contributed by atoms with E-state index >= 15 is 0 Å². The summed E-state index contributed by atoms with van der Waals surface area (Å²) >= 11 is 9.79. The van der Waals surface area contributed by atoms with Crippen LogP contribution in [0.25, 0.3) is 0 Å². The van der Waals surface area contributed by atoms with Gasteiger partial charge in [0.1, 0.15) is 0 Å². The molecule has 0 spiro atoms. The van der Waals surface area contributed by atoms with Gasteiger partial charge in [-0.1, -0.05) is 11.6 Å². The van der Waals surface area contributed by atoms with Gasteiger partial charge >= 0.3 is 29.6 Å². The Hall–Kier alpha value is 1.59. The molecule has 0 aliphatic rings. The molecule has 0 amide bonds. The molecule has 0 radical (unpaired) electrons. The third kappa shape index (κ3) is 3.87. The number of hydrogen-bond donors (Lipinski definition) is 0. The normalized spacial score (nSPS) is 9.00. The standard InChI is InChI=1S/C7H6ClIS.Na.H/c1-10-5-2-3-7(9)6(8)4-5;;/h2-4H,1H3;;. The molecule has 0 bridgehead atoms. The molecule has 0 nitrogen and oxygen atoms in total. The Morgan fingerprint density at radius 2 is 2.09 bits per heavy atom. The fraction of sp³-hybridized carbons (Fsp3) is 0.143. The first-order chi connectivity index (χ1) is 4.74. The summed E-state index contributed by atoms with van der Waals surface area (Å²) in [5, 5.41) is 0.840. The topological polar surface area (TPSA) is 0 Å². The maximum atomic E-state index is 5.87. The molecule has 0 unspecified atom stereocenters. The zero-order chi connectivity index (χ0) is 7.56. The van der Waals surface area contributed by atoms with Crippen LogP contribution in [0.5, 0.6) is 0 Å². The van der Waals surface area contributed by atoms with Crippen LogP contribution < -0.4 is 0 Å². The van der Waals surface area contributed by atoms with Gasteiger partial charge in [0, 0.05) is 8.47 Å². The minimum absolute atomic E-state index is 0. The van der Waals surface area contributed by atoms with Crippen molar-refractivity contribution in [3.63, 3.8) is 0 Å². The summed E-state index contributed by atoms with van der Waals surface area (Å²) in [5.41, 5.74) is 0. The van der Waals surface area contributed by atoms with Crippen molar-refractivity contribution >= 4 is 75.5 Å². The predicted octanol–water partition coefficient (Wildman–Crippen LogP) is 3.02. The van der Waals surface area contributed by atoms with Crippen molar-refractivity contribution in [3.8, 4) is 0 Å². The van der Waals surface area contributed by atoms with Gasteiger partial charge in [0.05, 0.1) is 5.02 Å². The van der Waals surface area contributed by atoms with Crippen LogP contribution in [0.15, 0.2) is 23.1 Å². The van der Waals surface area contributed by atoms with Crippen molar-refractivity contribution in [3.05, 3.63) is 26.8 Å². The first-order valence-corrected chi connectivity index (χ1v) is 5.41. The molecule has 0 aromatic heterocycles. The molecule has 0 heterocycles. The van der Waals surface area contributed by atoms with Crippen molar-refractivity contribution in [1.82, 2.24) is 0 Å². The van der Waals surface area contributed by atoms with E-state index in [1.54, 1.807) is 11.8 Å². The van der Waals surface area contributed by atoms with E-state index in [0.29, 0.717) is 0 Å². The number of rotatable bonds is 1. The molecule has 0 aliphatic heterocycles. The molecule has 0 atom stereocenters. The summed E-state index contributed by atoms with van der Waals surface area (Å²) in [7, 11) is 0. The molecular formula is C7H7ClINaS. The van der Waals surface area contributed by atoms with Gasteiger partial charge in [0.2, 0.25) is 0 Å². The van der Waals surface area contributed by atoms with Gasteiger partial charge in [0.25, 0.3) is 0 Å². The van der Waals surface area contributed by atoms with Crippen molar-refractivity contribution in [2.45, 2.75) is 4.90 Å². The molecule has 0 aliphatic carbocycles. The second-order valence-electron chi connectivity index (χ2n) is 1.78. The first-order valence-electron chi connectivity index (χ1n) is 2.73. The minimum atomic E-state index is 0. The Morgan fingerprint density at radius 3 is 2.55 bits per heavy atom. The Morgan fingerprint density at radius 1 is 1.45 bits per heavy atom. The van der Waals surface area contributed by atoms with Crippen LogP contribution in [-0.4, -0.2) is 35.8 Å². The first kappa shape index (κ1) is 12.6. The van der Waals surface area contributed by atoms with E-state index in [0.717, 1.165) is 8.59 Å². The van der Waals surface area contributed by atoms with Crippen LogP contribution in [0.1, 0.15) is 0 Å². The molecule has 0 N–H and O–H groups in total. The van der Waals surface area contributed by atoms with E-state index < -0.39 is 0 Å². The Labute approximate surface area is 112 Å². The summed E-state index contributed by atoms with van der Waals surface area (Å²) in [6, 6.07) is 6.07. The molecule has 0 fully saturated rings. The molecule has 0 saturated heterocycles. The number of thioether (sulfide) groups is 1. The van der Waals surface area contributed by atoms with E-state index in [9.17, 15) is 0 Å². The van der Waals surface area contributed by atoms with Crippen molar-refractivity contribution < 1.29 is 0 Å². The summed E-state index contributed by atoms with van der Waals surface area (Å²) < 4.78 is 1.11. The van der Waals surface area contributed by atoms with E-state index in [-0.39, 0.29) is 29.6 Å². The summed E-state index contributed by atoms with van der Waals surface area (Å²) in [4.78, 5) is 1.21. The van der Waals surface area contributed by atoms with Gasteiger partial charge in [0.15, 0.2) is 0 Å². The molecule has 11 heavy (non-hydrogen) atoms. The van der Waals surface area contributed by atoms with Gasteiger partial charge < -0.3 is 0 Å². The fourth-order valence-corrected chi connectivity index (χ4v) is 1.62. The van der Waals surface area contributed by atoms with Gasteiger partial charge in [-0.25, -0.2) is 0 Å². The quantitative estimate of drug-likeness (QED) is 0.437. The van der Waals surface area contributed by atoms with Gasteiger partial charge in [-0.05, 0) is 47.0 Å². The summed E-state index contributed by atoms with van der Waals surface area (Å²) in [6.07, 6.45) is 2.04. The summed E-state index contributed by atoms with van der Waals surface area (Å²) in [6.45, 7) is 0. The predicted molar refractivity (Wildman–Crippen MR) is 63.1 cm³/mol. The van der Waals surface area contributed by atoms with Crippen LogP contribution in [0.2, 0.25) is 5.02 Å². The molecule has 56 valence electrons. The number of benzene rings is 1. The zero-order valence-electron chi connectivity index (χ0n) is 5.40. The molecular weight excluding hydrogens is 301 g/mol. The second kappa shape index (κ2) is 6.11. The second-order valence-corrected chi connectivity index (χ2v) is 4.23. The molecule has 1 aromatic carbocycles. The van der Waals surface area contributed by atoms with Crippen LogP contribution in [0.4, 0.5) is 0 Å². The maximum absolute atomic E-state index is 5.87. The number of halogens is 2. The van der Waals surface area contributed by atoms with Crippen molar-refractivity contribution in [2.24, 2.45) is 0 Å². The molecule has 0 saturated carbocycles. The number of hydrogen-bond acceptors (Lipinski definition) is 1. The van der Waals surface area contributed by atoms with Crippen molar-refractivity contribution in [1.29, 1.82) is 0 Å². The average Bonchev–Trinajstić information content (AvgIpc) is 1.95. The molecule has 1 rings (SSSR count). The average molecular weight is 309 g/mol. The van der Waals surface area contributed by atoms with Crippen LogP contribution in [0.3, 0.4) is 0 Å². The van der Waals surface area contributed by atoms with Crippen molar-refractivity contribution in [2.75, 3.05) is 6.26 Å². The van der Waals surface area contributed by atoms with Crippen LogP contribution in [0, 0.1) is 3.57 Å². The van der Waals surface area contributed by atoms with Gasteiger partial charge in [-0.15, -0.1) is 11.8 Å². The molecule has 4 heteroatoms. The Balaban J connectivity index is 0.000001000. The SMILES string of the molecule is CSc1ccc(I)c(Cl)c1.[NaH]. The Kier molecular flexibility index (Phi) is 6.99. The third-order valence-corrected chi connectivity index (χ3v) is 3.42. The van der Waals surface area contributed by atoms with E-state index in [4.69, 9.17) is 11.6 Å². The van der Waals surface area contributed by atoms with Crippen LogP contribution in [-0.2, 0) is 0 Å². The fourth-order valence-electron chi connectivity index (χ4n) is 0.604. The zero-order valence-corrected chi connectivity index (χ0v) is 9.13. The van der Waals surface area contributed by atoms with Gasteiger partial charge in [-0.2, -0.15) is 0 Å². The molecule has 1 aromatic rings. The van der Waals surface area contributed by atoms with E-state index in [2.05, 4.69) is 28.7 Å². The van der Waals surface area contributed by atoms with E-state index in [1.165, 1.54) is 4.90 Å². The Bertz CT molecular complexity index is 242. The monoisotopic (exact) mass is 308 g/mol. The van der Waals surface area contributed by atoms with E-state index in [1.807, 2.05) is 18.4 Å². The van der Waals surface area contributed by atoms with Crippen LogP contribution >= 0.6 is 46.0 Å². The summed E-state index contributed by atoms with van der Waals surface area (Å²) in [5.74, 6) is 0. The third-order valence-electron chi connectivity index (χ3n) is 1.13. The van der Waals surface area contributed by atoms with Gasteiger partial charge in [-0.3, -0.25) is 0 Å².